The molecule has 0 aliphatic heterocycles. The Kier molecular flexibility index (Phi) is 3.66. The van der Waals surface area contributed by atoms with Crippen LogP contribution in [0.15, 0.2) is 64.8 Å². The van der Waals surface area contributed by atoms with Crippen molar-refractivity contribution in [2.45, 2.75) is 13.8 Å². The molecule has 17 heavy (non-hydrogen) atoms. The van der Waals surface area contributed by atoms with Gasteiger partial charge in [-0.25, -0.2) is 0 Å². The molecule has 2 nitrogen and oxygen atoms in total. The smallest absolute Gasteiger partial charge is 0.0857 e. The average Bonchev–Trinajstić information content (AvgIpc) is 2.38. The summed E-state index contributed by atoms with van der Waals surface area (Å²) in [5.41, 5.74) is 2.98. The zero-order chi connectivity index (χ0) is 12.1. The van der Waals surface area contributed by atoms with Gasteiger partial charge >= 0.3 is 0 Å². The standard InChI is InChI=1S/C15H15N2/c1-12(2)13-8-10-15(11-9-13)17-16-14-6-4-3-5-7-14/h3-11H,1-2H3. The van der Waals surface area contributed by atoms with Crippen LogP contribution in [0, 0.1) is 5.92 Å². The lowest BCUT2D eigenvalue weighted by molar-refractivity contribution is 1.14. The fourth-order valence-electron chi connectivity index (χ4n) is 1.47. The Morgan fingerprint density at radius 1 is 0.706 bits per heavy atom. The molecule has 0 atom stereocenters. The SMILES string of the molecule is C[C](C)c1ccc(N=Nc2ccccc2)cc1. The van der Waals surface area contributed by atoms with Gasteiger partial charge in [0.05, 0.1) is 11.4 Å². The van der Waals surface area contributed by atoms with Crippen molar-refractivity contribution in [3.8, 4) is 0 Å². The topological polar surface area (TPSA) is 24.7 Å². The molecule has 0 aromatic heterocycles. The molecule has 0 N–H and O–H groups in total. The molecule has 2 heteroatoms. The fraction of sp³-hybridized carbons (Fsp3) is 0.133. The number of hydrogen-bond donors (Lipinski definition) is 0. The van der Waals surface area contributed by atoms with Gasteiger partial charge in [-0.05, 0) is 35.7 Å². The van der Waals surface area contributed by atoms with Gasteiger partial charge in [0.2, 0.25) is 0 Å². The van der Waals surface area contributed by atoms with Crippen molar-refractivity contribution in [1.29, 1.82) is 0 Å². The molecule has 0 saturated carbocycles. The van der Waals surface area contributed by atoms with Crippen LogP contribution in [0.2, 0.25) is 0 Å². The predicted octanol–water partition coefficient (Wildman–Crippen LogP) is 5.06. The Balaban J connectivity index is 2.12. The molecule has 0 bridgehead atoms. The van der Waals surface area contributed by atoms with Crippen molar-refractivity contribution in [2.75, 3.05) is 0 Å². The first-order valence-corrected chi connectivity index (χ1v) is 5.63. The van der Waals surface area contributed by atoms with E-state index in [4.69, 9.17) is 0 Å². The molecule has 1 radical (unpaired) electrons. The van der Waals surface area contributed by atoms with Crippen LogP contribution in [-0.2, 0) is 0 Å². The summed E-state index contributed by atoms with van der Waals surface area (Å²) >= 11 is 0. The lowest BCUT2D eigenvalue weighted by Crippen LogP contribution is -1.85. The second kappa shape index (κ2) is 5.39. The third-order valence-corrected chi connectivity index (χ3v) is 2.48. The van der Waals surface area contributed by atoms with Crippen molar-refractivity contribution >= 4 is 11.4 Å². The number of azo groups is 1. The fourth-order valence-corrected chi connectivity index (χ4v) is 1.47. The highest BCUT2D eigenvalue weighted by Gasteiger charge is 1.98. The first-order chi connectivity index (χ1) is 8.25. The van der Waals surface area contributed by atoms with Gasteiger partial charge in [0.25, 0.3) is 0 Å². The summed E-state index contributed by atoms with van der Waals surface area (Å²) in [6.07, 6.45) is 0. The maximum Gasteiger partial charge on any atom is 0.0857 e. The van der Waals surface area contributed by atoms with Crippen LogP contribution in [0.5, 0.6) is 0 Å². The zero-order valence-corrected chi connectivity index (χ0v) is 10.1. The Morgan fingerprint density at radius 2 is 1.24 bits per heavy atom. The molecule has 85 valence electrons. The van der Waals surface area contributed by atoms with E-state index in [-0.39, 0.29) is 0 Å². The summed E-state index contributed by atoms with van der Waals surface area (Å²) in [6, 6.07) is 17.8. The number of nitrogens with zero attached hydrogens (tertiary/aromatic N) is 2. The molecule has 0 aliphatic carbocycles. The monoisotopic (exact) mass is 223 g/mol. The summed E-state index contributed by atoms with van der Waals surface area (Å²) in [4.78, 5) is 0. The Hall–Kier alpha value is -1.96. The van der Waals surface area contributed by atoms with Gasteiger partial charge in [0.1, 0.15) is 0 Å². The first kappa shape index (κ1) is 11.5. The molecule has 2 rings (SSSR count). The quantitative estimate of drug-likeness (QED) is 0.649. The predicted molar refractivity (Wildman–Crippen MR) is 70.8 cm³/mol. The lowest BCUT2D eigenvalue weighted by Gasteiger charge is -2.03. The third-order valence-electron chi connectivity index (χ3n) is 2.48. The molecule has 2 aromatic carbocycles. The zero-order valence-electron chi connectivity index (χ0n) is 10.1. The Morgan fingerprint density at radius 3 is 1.76 bits per heavy atom. The Bertz CT molecular complexity index is 484. The van der Waals surface area contributed by atoms with Crippen molar-refractivity contribution in [3.63, 3.8) is 0 Å². The molecular formula is C15H15N2. The van der Waals surface area contributed by atoms with E-state index in [0.29, 0.717) is 0 Å². The van der Waals surface area contributed by atoms with Crippen LogP contribution in [0.3, 0.4) is 0 Å². The van der Waals surface area contributed by atoms with Gasteiger partial charge in [0.15, 0.2) is 0 Å². The second-order valence-electron chi connectivity index (χ2n) is 4.08. The molecule has 0 heterocycles. The van der Waals surface area contributed by atoms with E-state index in [1.54, 1.807) is 0 Å². The average molecular weight is 223 g/mol. The highest BCUT2D eigenvalue weighted by atomic mass is 15.1. The van der Waals surface area contributed by atoms with Crippen LogP contribution in [0.25, 0.3) is 0 Å². The summed E-state index contributed by atoms with van der Waals surface area (Å²) in [7, 11) is 0. The van der Waals surface area contributed by atoms with Crippen LogP contribution >= 0.6 is 0 Å². The van der Waals surface area contributed by atoms with E-state index < -0.39 is 0 Å². The molecular weight excluding hydrogens is 208 g/mol. The Labute approximate surface area is 102 Å². The molecule has 0 aliphatic rings. The maximum absolute atomic E-state index is 4.19. The third kappa shape index (κ3) is 3.25. The largest absolute Gasteiger partial charge is 0.151 e. The minimum absolute atomic E-state index is 0.870. The minimum atomic E-state index is 0.870. The summed E-state index contributed by atoms with van der Waals surface area (Å²) in [6.45, 7) is 4.20. The number of rotatable bonds is 3. The van der Waals surface area contributed by atoms with Crippen molar-refractivity contribution < 1.29 is 0 Å². The van der Waals surface area contributed by atoms with Gasteiger partial charge in [-0.3, -0.25) is 0 Å². The molecule has 2 aromatic rings. The van der Waals surface area contributed by atoms with E-state index in [0.717, 1.165) is 11.4 Å². The normalized spacial score (nSPS) is 11.2. The van der Waals surface area contributed by atoms with E-state index in [1.807, 2.05) is 42.5 Å². The molecule has 0 unspecified atom stereocenters. The molecule has 0 fully saturated rings. The van der Waals surface area contributed by atoms with E-state index in [1.165, 1.54) is 11.5 Å². The van der Waals surface area contributed by atoms with Crippen LogP contribution in [-0.4, -0.2) is 0 Å². The van der Waals surface area contributed by atoms with Crippen molar-refractivity contribution in [3.05, 3.63) is 66.1 Å². The second-order valence-corrected chi connectivity index (χ2v) is 4.08. The van der Waals surface area contributed by atoms with Gasteiger partial charge in [-0.15, -0.1) is 0 Å². The van der Waals surface area contributed by atoms with Gasteiger partial charge in [-0.1, -0.05) is 44.2 Å². The number of benzene rings is 2. The summed E-state index contributed by atoms with van der Waals surface area (Å²) in [5, 5.41) is 8.36. The van der Waals surface area contributed by atoms with Crippen LogP contribution in [0.4, 0.5) is 11.4 Å². The van der Waals surface area contributed by atoms with Crippen LogP contribution < -0.4 is 0 Å². The molecule has 0 spiro atoms. The highest BCUT2D eigenvalue weighted by molar-refractivity contribution is 5.43. The first-order valence-electron chi connectivity index (χ1n) is 5.63. The summed E-state index contributed by atoms with van der Waals surface area (Å²) < 4.78 is 0. The minimum Gasteiger partial charge on any atom is -0.151 e. The van der Waals surface area contributed by atoms with E-state index >= 15 is 0 Å². The van der Waals surface area contributed by atoms with E-state index in [9.17, 15) is 0 Å². The summed E-state index contributed by atoms with van der Waals surface area (Å²) in [5.74, 6) is 1.30. The molecule has 0 amide bonds. The van der Waals surface area contributed by atoms with Crippen molar-refractivity contribution in [1.82, 2.24) is 0 Å². The van der Waals surface area contributed by atoms with Crippen molar-refractivity contribution in [2.24, 2.45) is 10.2 Å². The molecule has 0 saturated heterocycles. The van der Waals surface area contributed by atoms with Gasteiger partial charge in [-0.2, -0.15) is 10.2 Å². The maximum atomic E-state index is 4.19. The van der Waals surface area contributed by atoms with Crippen LogP contribution in [0.1, 0.15) is 19.4 Å². The van der Waals surface area contributed by atoms with Gasteiger partial charge in [0, 0.05) is 0 Å². The number of hydrogen-bond acceptors (Lipinski definition) is 2. The van der Waals surface area contributed by atoms with E-state index in [2.05, 4.69) is 36.2 Å². The van der Waals surface area contributed by atoms with Gasteiger partial charge < -0.3 is 0 Å². The highest BCUT2D eigenvalue weighted by Crippen LogP contribution is 2.20. The lowest BCUT2D eigenvalue weighted by atomic mass is 10.0.